The standard InChI is InChI=1S/C37H53FN2O10/c1-22(30(41)42)48-31(43)28(19-23-9-10-23)39(7)33(45)37(20-27(37)26-13-11-24(12-14-26)25-15-17-47-18-16-25)49-32(44)29(21-36(5,6)38)40(8)34(46)50-35(2,3)4/h11-14,22-23,25,27-29H,9-10,15-21H2,1-8H3,(H,41,42)/t22-,27?,28+,29+,37?/m1/s1. The van der Waals surface area contributed by atoms with E-state index in [9.17, 15) is 29.1 Å². The van der Waals surface area contributed by atoms with E-state index in [1.165, 1.54) is 39.8 Å². The molecular formula is C37H53FN2O10. The quantitative estimate of drug-likeness (QED) is 0.198. The maximum atomic E-state index is 15.1. The summed E-state index contributed by atoms with van der Waals surface area (Å²) in [5, 5.41) is 9.35. The monoisotopic (exact) mass is 704 g/mol. The van der Waals surface area contributed by atoms with Crippen LogP contribution < -0.4 is 0 Å². The number of esters is 2. The molecular weight excluding hydrogens is 651 g/mol. The van der Waals surface area contributed by atoms with Gasteiger partial charge < -0.3 is 29.0 Å². The van der Waals surface area contributed by atoms with E-state index in [4.69, 9.17) is 18.9 Å². The van der Waals surface area contributed by atoms with Crippen LogP contribution in [0.15, 0.2) is 24.3 Å². The summed E-state index contributed by atoms with van der Waals surface area (Å²) in [5.74, 6) is -3.99. The maximum absolute atomic E-state index is 15.1. The number of hydrogen-bond donors (Lipinski definition) is 1. The Morgan fingerprint density at radius 1 is 0.920 bits per heavy atom. The van der Waals surface area contributed by atoms with Crippen molar-refractivity contribution in [3.63, 3.8) is 0 Å². The summed E-state index contributed by atoms with van der Waals surface area (Å²) in [4.78, 5) is 68.7. The van der Waals surface area contributed by atoms with Gasteiger partial charge in [0.15, 0.2) is 11.7 Å². The van der Waals surface area contributed by atoms with Gasteiger partial charge in [-0.25, -0.2) is 23.6 Å². The van der Waals surface area contributed by atoms with Crippen LogP contribution in [0.4, 0.5) is 9.18 Å². The Hall–Kier alpha value is -3.74. The molecule has 50 heavy (non-hydrogen) atoms. The van der Waals surface area contributed by atoms with E-state index >= 15 is 4.39 Å². The topological polar surface area (TPSA) is 149 Å². The fourth-order valence-corrected chi connectivity index (χ4v) is 6.43. The van der Waals surface area contributed by atoms with Crippen molar-refractivity contribution >= 4 is 29.9 Å². The van der Waals surface area contributed by atoms with Crippen molar-refractivity contribution in [1.29, 1.82) is 0 Å². The third-order valence-electron chi connectivity index (χ3n) is 9.64. The molecule has 5 atom stereocenters. The molecule has 0 radical (unpaired) electrons. The van der Waals surface area contributed by atoms with Crippen molar-refractivity contribution in [1.82, 2.24) is 9.80 Å². The summed E-state index contributed by atoms with van der Waals surface area (Å²) in [6.45, 7) is 10.1. The molecule has 13 heteroatoms. The molecule has 278 valence electrons. The average Bonchev–Trinajstić information content (AvgIpc) is 3.97. The number of likely N-dealkylation sites (N-methyl/N-ethyl adjacent to an activating group) is 2. The second-order valence-electron chi connectivity index (χ2n) is 15.7. The molecule has 1 aliphatic heterocycles. The molecule has 4 rings (SSSR count). The summed E-state index contributed by atoms with van der Waals surface area (Å²) >= 11 is 0. The summed E-state index contributed by atoms with van der Waals surface area (Å²) < 4.78 is 37.4. The molecule has 0 aromatic heterocycles. The van der Waals surface area contributed by atoms with E-state index in [1.807, 2.05) is 24.3 Å². The maximum Gasteiger partial charge on any atom is 0.410 e. The number of nitrogens with zero attached hydrogens (tertiary/aromatic N) is 2. The zero-order chi connectivity index (χ0) is 37.2. The van der Waals surface area contributed by atoms with E-state index in [-0.39, 0.29) is 18.8 Å². The molecule has 0 spiro atoms. The van der Waals surface area contributed by atoms with Crippen molar-refractivity contribution in [3.05, 3.63) is 35.4 Å². The Morgan fingerprint density at radius 2 is 1.50 bits per heavy atom. The van der Waals surface area contributed by atoms with Gasteiger partial charge in [0.1, 0.15) is 23.4 Å². The van der Waals surface area contributed by atoms with Crippen molar-refractivity contribution in [3.8, 4) is 0 Å². The number of aliphatic carboxylic acids is 1. The molecule has 0 bridgehead atoms. The first-order valence-electron chi connectivity index (χ1n) is 17.5. The van der Waals surface area contributed by atoms with E-state index in [2.05, 4.69) is 0 Å². The predicted molar refractivity (Wildman–Crippen MR) is 180 cm³/mol. The Bertz CT molecular complexity index is 1410. The van der Waals surface area contributed by atoms with E-state index in [0.29, 0.717) is 19.1 Å². The van der Waals surface area contributed by atoms with Gasteiger partial charge in [-0.15, -0.1) is 0 Å². The van der Waals surface area contributed by atoms with Crippen molar-refractivity contribution in [2.75, 3.05) is 27.3 Å². The van der Waals surface area contributed by atoms with Crippen LogP contribution in [0.2, 0.25) is 0 Å². The number of hydrogen-bond acceptors (Lipinski definition) is 9. The molecule has 1 aromatic rings. The van der Waals surface area contributed by atoms with Crippen LogP contribution >= 0.6 is 0 Å². The normalized spacial score (nSPS) is 22.8. The van der Waals surface area contributed by atoms with E-state index < -0.39 is 77.3 Å². The van der Waals surface area contributed by atoms with Crippen molar-refractivity contribution < 1.29 is 52.4 Å². The minimum absolute atomic E-state index is 0.0805. The zero-order valence-corrected chi connectivity index (χ0v) is 30.5. The van der Waals surface area contributed by atoms with Gasteiger partial charge in [-0.3, -0.25) is 9.69 Å². The van der Waals surface area contributed by atoms with Gasteiger partial charge in [0.2, 0.25) is 0 Å². The van der Waals surface area contributed by atoms with Gasteiger partial charge in [0.25, 0.3) is 5.91 Å². The number of benzene rings is 1. The van der Waals surface area contributed by atoms with Crippen LogP contribution in [-0.2, 0) is 38.1 Å². The second-order valence-corrected chi connectivity index (χ2v) is 15.7. The lowest BCUT2D eigenvalue weighted by atomic mass is 9.90. The van der Waals surface area contributed by atoms with Crippen LogP contribution in [0.3, 0.4) is 0 Å². The SMILES string of the molecule is C[C@@H](OC(=O)[C@H](CC1CC1)N(C)C(=O)C1(OC(=O)[C@H](CC(C)(C)F)N(C)C(=O)OC(C)(C)C)CC1c1ccc(C2CCOCC2)cc1)C(=O)O. The third kappa shape index (κ3) is 9.95. The van der Waals surface area contributed by atoms with Crippen molar-refractivity contribution in [2.45, 2.75) is 133 Å². The van der Waals surface area contributed by atoms with Crippen molar-refractivity contribution in [2.24, 2.45) is 5.92 Å². The predicted octanol–water partition coefficient (Wildman–Crippen LogP) is 5.37. The minimum atomic E-state index is -1.91. The average molecular weight is 705 g/mol. The number of amides is 2. The summed E-state index contributed by atoms with van der Waals surface area (Å²) in [6, 6.07) is 5.22. The number of carboxylic acids is 1. The van der Waals surface area contributed by atoms with Gasteiger partial charge in [0.05, 0.1) is 0 Å². The number of ether oxygens (including phenoxy) is 4. The number of halogens is 1. The molecule has 2 unspecified atom stereocenters. The lowest BCUT2D eigenvalue weighted by Crippen LogP contribution is -2.53. The van der Waals surface area contributed by atoms with Crippen LogP contribution in [0.5, 0.6) is 0 Å². The molecule has 2 amide bonds. The summed E-state index contributed by atoms with van der Waals surface area (Å²) in [6.07, 6.45) is 1.08. The third-order valence-corrected chi connectivity index (χ3v) is 9.64. The number of carboxylic acid groups (broad SMARTS) is 1. The largest absolute Gasteiger partial charge is 0.479 e. The Balaban J connectivity index is 1.67. The molecule has 3 fully saturated rings. The first kappa shape index (κ1) is 39.1. The van der Waals surface area contributed by atoms with Gasteiger partial charge in [-0.05, 0) is 83.8 Å². The zero-order valence-electron chi connectivity index (χ0n) is 30.5. The molecule has 12 nitrogen and oxygen atoms in total. The lowest BCUT2D eigenvalue weighted by molar-refractivity contribution is -0.174. The second kappa shape index (κ2) is 15.2. The molecule has 2 saturated carbocycles. The Morgan fingerprint density at radius 3 is 2.02 bits per heavy atom. The molecule has 1 aromatic carbocycles. The first-order valence-corrected chi connectivity index (χ1v) is 17.5. The van der Waals surface area contributed by atoms with Gasteiger partial charge in [-0.2, -0.15) is 0 Å². The van der Waals surface area contributed by atoms with Gasteiger partial charge in [-0.1, -0.05) is 37.1 Å². The summed E-state index contributed by atoms with van der Waals surface area (Å²) in [5.41, 5.74) is -2.71. The number of carbonyl (C=O) groups is 5. The van der Waals surface area contributed by atoms with Crippen LogP contribution in [0, 0.1) is 5.92 Å². The highest BCUT2D eigenvalue weighted by molar-refractivity contribution is 5.96. The lowest BCUT2D eigenvalue weighted by Gasteiger charge is -2.34. The molecule has 3 aliphatic rings. The minimum Gasteiger partial charge on any atom is -0.479 e. The molecule has 1 saturated heterocycles. The number of carbonyl (C=O) groups excluding carboxylic acids is 4. The highest BCUT2D eigenvalue weighted by Crippen LogP contribution is 2.56. The number of rotatable bonds is 14. The Labute approximate surface area is 293 Å². The smallest absolute Gasteiger partial charge is 0.410 e. The first-order chi connectivity index (χ1) is 23.2. The molecule has 1 heterocycles. The van der Waals surface area contributed by atoms with E-state index in [0.717, 1.165) is 41.7 Å². The van der Waals surface area contributed by atoms with E-state index in [1.54, 1.807) is 20.8 Å². The fourth-order valence-electron chi connectivity index (χ4n) is 6.43. The summed E-state index contributed by atoms with van der Waals surface area (Å²) in [7, 11) is 2.73. The molecule has 2 aliphatic carbocycles. The molecule has 1 N–H and O–H groups in total. The van der Waals surface area contributed by atoms with Gasteiger partial charge in [0, 0.05) is 46.1 Å². The van der Waals surface area contributed by atoms with Crippen LogP contribution in [0.25, 0.3) is 0 Å². The van der Waals surface area contributed by atoms with Crippen LogP contribution in [0.1, 0.15) is 109 Å². The highest BCUT2D eigenvalue weighted by atomic mass is 19.1. The fraction of sp³-hybridized carbons (Fsp3) is 0.703. The highest BCUT2D eigenvalue weighted by Gasteiger charge is 2.66. The van der Waals surface area contributed by atoms with Crippen LogP contribution in [-0.4, -0.2) is 107 Å². The Kier molecular flexibility index (Phi) is 11.9. The van der Waals surface area contributed by atoms with Gasteiger partial charge >= 0.3 is 24.0 Å². The number of alkyl halides is 1.